The highest BCUT2D eigenvalue weighted by Crippen LogP contribution is 2.34. The van der Waals surface area contributed by atoms with E-state index in [4.69, 9.17) is 4.42 Å². The van der Waals surface area contributed by atoms with Crippen molar-refractivity contribution in [1.82, 2.24) is 19.7 Å². The molecule has 0 aliphatic carbocycles. The fourth-order valence-corrected chi connectivity index (χ4v) is 4.74. The molecular weight excluding hydrogens is 478 g/mol. The molecule has 0 spiro atoms. The summed E-state index contributed by atoms with van der Waals surface area (Å²) in [6.45, 7) is 9.62. The number of hydrogen-bond donors (Lipinski definition) is 2. The number of pyridine rings is 2. The second-order valence-electron chi connectivity index (χ2n) is 10.2. The lowest BCUT2D eigenvalue weighted by Crippen LogP contribution is -2.30. The molecule has 0 unspecified atom stereocenters. The van der Waals surface area contributed by atoms with Gasteiger partial charge in [-0.3, -0.25) is 19.4 Å². The zero-order chi connectivity index (χ0) is 27.0. The number of nitrogens with one attached hydrogen (secondary N) is 1. The van der Waals surface area contributed by atoms with Gasteiger partial charge in [0.1, 0.15) is 11.3 Å². The molecule has 5 aromatic rings. The summed E-state index contributed by atoms with van der Waals surface area (Å²) in [4.78, 5) is 22.5. The van der Waals surface area contributed by atoms with Crippen LogP contribution in [0.4, 0.5) is 5.69 Å². The van der Waals surface area contributed by atoms with Crippen molar-refractivity contribution in [2.24, 2.45) is 0 Å². The van der Waals surface area contributed by atoms with Crippen molar-refractivity contribution in [3.8, 4) is 22.6 Å². The molecule has 0 bridgehead atoms. The van der Waals surface area contributed by atoms with E-state index in [1.807, 2.05) is 70.3 Å². The highest BCUT2D eigenvalue weighted by molar-refractivity contribution is 5.86. The van der Waals surface area contributed by atoms with Gasteiger partial charge in [0.2, 0.25) is 0 Å². The molecule has 0 radical (unpaired) electrons. The van der Waals surface area contributed by atoms with Gasteiger partial charge < -0.3 is 14.8 Å². The van der Waals surface area contributed by atoms with Crippen molar-refractivity contribution in [2.75, 3.05) is 11.9 Å². The summed E-state index contributed by atoms with van der Waals surface area (Å²) in [5.74, 6) is 0.531. The first-order valence-corrected chi connectivity index (χ1v) is 12.6. The lowest BCUT2D eigenvalue weighted by Gasteiger charge is -2.22. The van der Waals surface area contributed by atoms with Crippen LogP contribution in [0.5, 0.6) is 0 Å². The largest absolute Gasteiger partial charge is 0.455 e. The number of fused-ring (bicyclic) bond motifs is 1. The van der Waals surface area contributed by atoms with E-state index < -0.39 is 5.54 Å². The average molecular weight is 510 g/mol. The third kappa shape index (κ3) is 4.48. The van der Waals surface area contributed by atoms with Gasteiger partial charge in [-0.1, -0.05) is 6.07 Å². The Morgan fingerprint density at radius 3 is 2.61 bits per heavy atom. The maximum atomic E-state index is 13.7. The van der Waals surface area contributed by atoms with Crippen molar-refractivity contribution in [2.45, 2.75) is 46.2 Å². The molecule has 5 rings (SSSR count). The van der Waals surface area contributed by atoms with Crippen molar-refractivity contribution >= 4 is 16.7 Å². The van der Waals surface area contributed by atoms with Gasteiger partial charge in [0, 0.05) is 47.5 Å². The van der Waals surface area contributed by atoms with Crippen LogP contribution in [0.25, 0.3) is 33.6 Å². The fraction of sp³-hybridized carbons (Fsp3) is 0.267. The SMILES string of the molecule is Cc1ccc2oc(-c3cccnc3)c(C)c(=O)c2c1[C@@H](C)Nc1cccnc1-c1cnn(C(C)(C)CO)c1. The highest BCUT2D eigenvalue weighted by Gasteiger charge is 2.23. The van der Waals surface area contributed by atoms with E-state index in [0.29, 0.717) is 22.3 Å². The van der Waals surface area contributed by atoms with Crippen molar-refractivity contribution < 1.29 is 9.52 Å². The van der Waals surface area contributed by atoms with E-state index in [2.05, 4.69) is 20.4 Å². The number of nitrogens with zero attached hydrogens (tertiary/aromatic N) is 4. The molecule has 2 N–H and O–H groups in total. The lowest BCUT2D eigenvalue weighted by atomic mass is 9.95. The lowest BCUT2D eigenvalue weighted by molar-refractivity contribution is 0.152. The van der Waals surface area contributed by atoms with E-state index in [1.54, 1.807) is 36.4 Å². The average Bonchev–Trinajstić information content (AvgIpc) is 3.43. The second-order valence-corrected chi connectivity index (χ2v) is 10.2. The first kappa shape index (κ1) is 25.4. The molecule has 4 heterocycles. The van der Waals surface area contributed by atoms with Gasteiger partial charge >= 0.3 is 0 Å². The number of aliphatic hydroxyl groups excluding tert-OH is 1. The standard InChI is InChI=1S/C30H31N5O3/c1-18-10-11-24-26(28(37)19(2)29(38-24)21-8-6-12-31-14-21)25(18)20(3)34-23-9-7-13-32-27(23)22-15-33-35(16-22)30(4,5)17-36/h6-16,20,34,36H,17H2,1-5H3/t20-/m1/s1. The summed E-state index contributed by atoms with van der Waals surface area (Å²) in [6.07, 6.45) is 8.76. The van der Waals surface area contributed by atoms with Crippen LogP contribution in [-0.2, 0) is 5.54 Å². The Balaban J connectivity index is 1.57. The predicted octanol–water partition coefficient (Wildman–Crippen LogP) is 5.63. The van der Waals surface area contributed by atoms with E-state index in [1.165, 1.54) is 0 Å². The zero-order valence-corrected chi connectivity index (χ0v) is 22.2. The summed E-state index contributed by atoms with van der Waals surface area (Å²) >= 11 is 0. The minimum atomic E-state index is -0.533. The topological polar surface area (TPSA) is 106 Å². The molecular formula is C30H31N5O3. The Hall–Kier alpha value is -4.30. The first-order valence-electron chi connectivity index (χ1n) is 12.6. The van der Waals surface area contributed by atoms with Gasteiger partial charge in [-0.25, -0.2) is 0 Å². The molecule has 0 fully saturated rings. The Morgan fingerprint density at radius 2 is 1.87 bits per heavy atom. The fourth-order valence-electron chi connectivity index (χ4n) is 4.74. The van der Waals surface area contributed by atoms with Crippen LogP contribution < -0.4 is 10.7 Å². The molecule has 8 nitrogen and oxygen atoms in total. The molecule has 1 atom stereocenters. The molecule has 194 valence electrons. The number of anilines is 1. The minimum Gasteiger partial charge on any atom is -0.455 e. The molecule has 0 saturated carbocycles. The van der Waals surface area contributed by atoms with Crippen LogP contribution in [0.15, 0.2) is 76.6 Å². The predicted molar refractivity (Wildman–Crippen MR) is 149 cm³/mol. The Morgan fingerprint density at radius 1 is 1.08 bits per heavy atom. The third-order valence-corrected chi connectivity index (χ3v) is 6.95. The summed E-state index contributed by atoms with van der Waals surface area (Å²) in [5.41, 5.74) is 5.49. The first-order chi connectivity index (χ1) is 18.2. The quantitative estimate of drug-likeness (QED) is 0.293. The van der Waals surface area contributed by atoms with Crippen molar-refractivity contribution in [1.29, 1.82) is 0 Å². The maximum Gasteiger partial charge on any atom is 0.196 e. The van der Waals surface area contributed by atoms with Crippen LogP contribution in [0, 0.1) is 13.8 Å². The Bertz CT molecular complexity index is 1670. The van der Waals surface area contributed by atoms with E-state index >= 15 is 0 Å². The van der Waals surface area contributed by atoms with Gasteiger partial charge in [0.15, 0.2) is 5.43 Å². The van der Waals surface area contributed by atoms with Gasteiger partial charge in [-0.2, -0.15) is 5.10 Å². The molecule has 38 heavy (non-hydrogen) atoms. The number of benzene rings is 1. The van der Waals surface area contributed by atoms with Gasteiger partial charge in [-0.05, 0) is 76.1 Å². The van der Waals surface area contributed by atoms with Crippen molar-refractivity contribution in [3.63, 3.8) is 0 Å². The summed E-state index contributed by atoms with van der Waals surface area (Å²) in [7, 11) is 0. The second kappa shape index (κ2) is 9.87. The zero-order valence-electron chi connectivity index (χ0n) is 22.2. The molecule has 0 aliphatic rings. The van der Waals surface area contributed by atoms with Crippen LogP contribution in [0.1, 0.15) is 43.5 Å². The Labute approximate surface area is 221 Å². The van der Waals surface area contributed by atoms with E-state index in [-0.39, 0.29) is 18.1 Å². The summed E-state index contributed by atoms with van der Waals surface area (Å²) < 4.78 is 8.03. The highest BCUT2D eigenvalue weighted by atomic mass is 16.3. The van der Waals surface area contributed by atoms with Crippen LogP contribution in [-0.4, -0.2) is 31.5 Å². The monoisotopic (exact) mass is 509 g/mol. The molecule has 8 heteroatoms. The third-order valence-electron chi connectivity index (χ3n) is 6.95. The molecule has 4 aromatic heterocycles. The van der Waals surface area contributed by atoms with Crippen LogP contribution in [0.2, 0.25) is 0 Å². The smallest absolute Gasteiger partial charge is 0.196 e. The van der Waals surface area contributed by atoms with Crippen molar-refractivity contribution in [3.05, 3.63) is 94.3 Å². The molecule has 0 amide bonds. The van der Waals surface area contributed by atoms with Crippen LogP contribution >= 0.6 is 0 Å². The number of aryl methyl sites for hydroxylation is 1. The molecule has 1 aromatic carbocycles. The molecule has 0 aliphatic heterocycles. The number of rotatable bonds is 7. The van der Waals surface area contributed by atoms with Gasteiger partial charge in [0.25, 0.3) is 0 Å². The Kier molecular flexibility index (Phi) is 6.59. The maximum absolute atomic E-state index is 13.7. The van der Waals surface area contributed by atoms with Crippen LogP contribution in [0.3, 0.4) is 0 Å². The summed E-state index contributed by atoms with van der Waals surface area (Å²) in [6, 6.07) is 11.2. The van der Waals surface area contributed by atoms with E-state index in [9.17, 15) is 9.90 Å². The minimum absolute atomic E-state index is 0.0384. The number of aliphatic hydroxyl groups is 1. The number of hydrogen-bond acceptors (Lipinski definition) is 7. The van der Waals surface area contributed by atoms with Gasteiger partial charge in [-0.15, -0.1) is 0 Å². The normalized spacial score (nSPS) is 12.6. The number of aromatic nitrogens is 4. The van der Waals surface area contributed by atoms with E-state index in [0.717, 1.165) is 33.6 Å². The molecule has 0 saturated heterocycles. The van der Waals surface area contributed by atoms with Gasteiger partial charge in [0.05, 0.1) is 35.1 Å². The summed E-state index contributed by atoms with van der Waals surface area (Å²) in [5, 5.41) is 18.3.